The first-order valence-corrected chi connectivity index (χ1v) is 9.42. The van der Waals surface area contributed by atoms with Crippen molar-refractivity contribution < 1.29 is 9.72 Å². The van der Waals surface area contributed by atoms with Crippen LogP contribution in [0.4, 0.5) is 10.8 Å². The normalized spacial score (nSPS) is 10.6. The quantitative estimate of drug-likeness (QED) is 0.468. The van der Waals surface area contributed by atoms with E-state index in [-0.39, 0.29) is 11.3 Å². The lowest BCUT2D eigenvalue weighted by Gasteiger charge is -2.02. The molecule has 0 fully saturated rings. The van der Waals surface area contributed by atoms with Gasteiger partial charge in [0.1, 0.15) is 0 Å². The second-order valence-electron chi connectivity index (χ2n) is 6.17. The molecule has 0 saturated heterocycles. The summed E-state index contributed by atoms with van der Waals surface area (Å²) in [6, 6.07) is 13.8. The first kappa shape index (κ1) is 18.7. The smallest absolute Gasteiger partial charge is 0.270 e. The molecule has 0 aliphatic rings. The Morgan fingerprint density at radius 2 is 1.96 bits per heavy atom. The summed E-state index contributed by atoms with van der Waals surface area (Å²) in [7, 11) is 0. The van der Waals surface area contributed by atoms with E-state index in [0.29, 0.717) is 5.13 Å². The summed E-state index contributed by atoms with van der Waals surface area (Å²) in [6.45, 7) is 4.13. The highest BCUT2D eigenvalue weighted by Gasteiger charge is 2.16. The van der Waals surface area contributed by atoms with Gasteiger partial charge in [-0.25, -0.2) is 4.98 Å². The van der Waals surface area contributed by atoms with Gasteiger partial charge < -0.3 is 0 Å². The van der Waals surface area contributed by atoms with Crippen molar-refractivity contribution in [2.24, 2.45) is 0 Å². The van der Waals surface area contributed by atoms with Gasteiger partial charge in [0.25, 0.3) is 11.6 Å². The van der Waals surface area contributed by atoms with Gasteiger partial charge in [-0.2, -0.15) is 0 Å². The lowest BCUT2D eigenvalue weighted by Crippen LogP contribution is -2.11. The average Bonchev–Trinajstić information content (AvgIpc) is 3.05. The number of aryl methyl sites for hydroxylation is 2. The topological polar surface area (TPSA) is 85.1 Å². The Kier molecular flexibility index (Phi) is 5.61. The van der Waals surface area contributed by atoms with Gasteiger partial charge in [-0.3, -0.25) is 20.2 Å². The van der Waals surface area contributed by atoms with Crippen molar-refractivity contribution >= 4 is 28.1 Å². The SMILES string of the molecule is CCCc1sc(NC(=O)c2cccc([N+](=O)[O-])c2)nc1-c1ccc(C)cc1. The Hall–Kier alpha value is -3.06. The molecular weight excluding hydrogens is 362 g/mol. The number of nitro groups is 1. The summed E-state index contributed by atoms with van der Waals surface area (Å²) in [5.41, 5.74) is 3.17. The van der Waals surface area contributed by atoms with Crippen molar-refractivity contribution in [1.29, 1.82) is 0 Å². The predicted molar refractivity (Wildman–Crippen MR) is 107 cm³/mol. The van der Waals surface area contributed by atoms with Gasteiger partial charge >= 0.3 is 0 Å². The second kappa shape index (κ2) is 8.09. The van der Waals surface area contributed by atoms with E-state index < -0.39 is 10.8 Å². The Balaban J connectivity index is 1.87. The number of carbonyl (C=O) groups is 1. The Labute approximate surface area is 161 Å². The predicted octanol–water partition coefficient (Wildman–Crippen LogP) is 5.23. The van der Waals surface area contributed by atoms with Crippen LogP contribution in [-0.2, 0) is 6.42 Å². The summed E-state index contributed by atoms with van der Waals surface area (Å²) in [5, 5.41) is 14.2. The number of thiazole rings is 1. The molecular formula is C20H19N3O3S. The summed E-state index contributed by atoms with van der Waals surface area (Å²) >= 11 is 1.44. The number of rotatable bonds is 6. The molecule has 3 rings (SSSR count). The lowest BCUT2D eigenvalue weighted by atomic mass is 10.1. The maximum atomic E-state index is 12.5. The number of hydrogen-bond donors (Lipinski definition) is 1. The highest BCUT2D eigenvalue weighted by atomic mass is 32.1. The van der Waals surface area contributed by atoms with Gasteiger partial charge in [-0.05, 0) is 19.4 Å². The molecule has 2 aromatic carbocycles. The number of non-ortho nitro benzene ring substituents is 1. The molecule has 0 aliphatic carbocycles. The molecule has 0 unspecified atom stereocenters. The molecule has 6 nitrogen and oxygen atoms in total. The summed E-state index contributed by atoms with van der Waals surface area (Å²) < 4.78 is 0. The highest BCUT2D eigenvalue weighted by molar-refractivity contribution is 7.16. The van der Waals surface area contributed by atoms with E-state index in [1.54, 1.807) is 6.07 Å². The fraction of sp³-hybridized carbons (Fsp3) is 0.200. The molecule has 1 amide bonds. The van der Waals surface area contributed by atoms with Gasteiger partial charge in [0, 0.05) is 28.1 Å². The molecule has 3 aromatic rings. The molecule has 1 aromatic heterocycles. The third-order valence-corrected chi connectivity index (χ3v) is 5.07. The number of nitro benzene ring substituents is 1. The van der Waals surface area contributed by atoms with Gasteiger partial charge in [0.05, 0.1) is 10.6 Å². The largest absolute Gasteiger partial charge is 0.298 e. The van der Waals surface area contributed by atoms with Crippen molar-refractivity contribution in [3.05, 3.63) is 74.6 Å². The van der Waals surface area contributed by atoms with Crippen molar-refractivity contribution in [2.45, 2.75) is 26.7 Å². The number of aromatic nitrogens is 1. The van der Waals surface area contributed by atoms with E-state index in [9.17, 15) is 14.9 Å². The van der Waals surface area contributed by atoms with Crippen LogP contribution >= 0.6 is 11.3 Å². The molecule has 0 atom stereocenters. The van der Waals surface area contributed by atoms with Crippen molar-refractivity contribution in [2.75, 3.05) is 5.32 Å². The van der Waals surface area contributed by atoms with Crippen LogP contribution in [0.15, 0.2) is 48.5 Å². The molecule has 138 valence electrons. The molecule has 0 spiro atoms. The van der Waals surface area contributed by atoms with Crippen LogP contribution in [0.2, 0.25) is 0 Å². The first-order chi connectivity index (χ1) is 13.0. The maximum absolute atomic E-state index is 12.5. The van der Waals surface area contributed by atoms with E-state index in [0.717, 1.165) is 29.0 Å². The molecule has 1 heterocycles. The van der Waals surface area contributed by atoms with Crippen LogP contribution < -0.4 is 5.32 Å². The Bertz CT molecular complexity index is 980. The summed E-state index contributed by atoms with van der Waals surface area (Å²) in [6.07, 6.45) is 1.84. The minimum atomic E-state index is -0.519. The minimum Gasteiger partial charge on any atom is -0.298 e. The number of anilines is 1. The van der Waals surface area contributed by atoms with E-state index in [2.05, 4.69) is 17.2 Å². The van der Waals surface area contributed by atoms with E-state index in [4.69, 9.17) is 0 Å². The molecule has 0 saturated carbocycles. The molecule has 7 heteroatoms. The van der Waals surface area contributed by atoms with Crippen LogP contribution in [0, 0.1) is 17.0 Å². The van der Waals surface area contributed by atoms with Crippen molar-refractivity contribution in [1.82, 2.24) is 4.98 Å². The highest BCUT2D eigenvalue weighted by Crippen LogP contribution is 2.32. The number of nitrogens with one attached hydrogen (secondary N) is 1. The zero-order valence-electron chi connectivity index (χ0n) is 15.1. The number of carbonyl (C=O) groups excluding carboxylic acids is 1. The van der Waals surface area contributed by atoms with Crippen LogP contribution in [0.1, 0.15) is 34.1 Å². The van der Waals surface area contributed by atoms with Crippen molar-refractivity contribution in [3.8, 4) is 11.3 Å². The standard InChI is InChI=1S/C20H19N3O3S/c1-3-5-17-18(14-10-8-13(2)9-11-14)21-20(27-17)22-19(24)15-6-4-7-16(12-15)23(25)26/h4,6-12H,3,5H2,1-2H3,(H,21,22,24). The Morgan fingerprint density at radius 1 is 1.22 bits per heavy atom. The Morgan fingerprint density at radius 3 is 2.63 bits per heavy atom. The maximum Gasteiger partial charge on any atom is 0.270 e. The lowest BCUT2D eigenvalue weighted by molar-refractivity contribution is -0.384. The van der Waals surface area contributed by atoms with Crippen LogP contribution in [-0.4, -0.2) is 15.8 Å². The molecule has 0 aliphatic heterocycles. The van der Waals surface area contributed by atoms with Gasteiger partial charge in [-0.15, -0.1) is 11.3 Å². The third-order valence-electron chi connectivity index (χ3n) is 4.04. The van der Waals surface area contributed by atoms with Gasteiger partial charge in [0.2, 0.25) is 0 Å². The summed E-state index contributed by atoms with van der Waals surface area (Å²) in [5.74, 6) is -0.411. The fourth-order valence-corrected chi connectivity index (χ4v) is 3.75. The monoisotopic (exact) mass is 381 g/mol. The van der Waals surface area contributed by atoms with Gasteiger partial charge in [0.15, 0.2) is 5.13 Å². The zero-order chi connectivity index (χ0) is 19.4. The van der Waals surface area contributed by atoms with Crippen LogP contribution in [0.25, 0.3) is 11.3 Å². The summed E-state index contributed by atoms with van der Waals surface area (Å²) in [4.78, 5) is 28.6. The van der Waals surface area contributed by atoms with E-state index in [1.807, 2.05) is 31.2 Å². The molecule has 0 bridgehead atoms. The minimum absolute atomic E-state index is 0.117. The fourth-order valence-electron chi connectivity index (χ4n) is 2.67. The average molecular weight is 381 g/mol. The van der Waals surface area contributed by atoms with Crippen LogP contribution in [0.3, 0.4) is 0 Å². The first-order valence-electron chi connectivity index (χ1n) is 8.60. The second-order valence-corrected chi connectivity index (χ2v) is 7.25. The number of benzene rings is 2. The number of nitrogens with zero attached hydrogens (tertiary/aromatic N) is 2. The number of amides is 1. The molecule has 27 heavy (non-hydrogen) atoms. The zero-order valence-corrected chi connectivity index (χ0v) is 15.9. The molecule has 1 N–H and O–H groups in total. The number of hydrogen-bond acceptors (Lipinski definition) is 5. The third kappa shape index (κ3) is 4.38. The van der Waals surface area contributed by atoms with Crippen LogP contribution in [0.5, 0.6) is 0 Å². The van der Waals surface area contributed by atoms with Crippen molar-refractivity contribution in [3.63, 3.8) is 0 Å². The van der Waals surface area contributed by atoms with Gasteiger partial charge in [-0.1, -0.05) is 49.2 Å². The van der Waals surface area contributed by atoms with E-state index >= 15 is 0 Å². The molecule has 0 radical (unpaired) electrons. The van der Waals surface area contributed by atoms with E-state index in [1.165, 1.54) is 35.1 Å².